The minimum Gasteiger partial charge on any atom is -0.314 e. The van der Waals surface area contributed by atoms with Crippen molar-refractivity contribution >= 4 is 21.8 Å². The minimum atomic E-state index is -4.27. The van der Waals surface area contributed by atoms with Crippen molar-refractivity contribution in [2.24, 2.45) is 0 Å². The summed E-state index contributed by atoms with van der Waals surface area (Å²) in [5.41, 5.74) is 1.28. The van der Waals surface area contributed by atoms with Gasteiger partial charge in [-0.3, -0.25) is 4.55 Å². The molecule has 0 unspecified atom stereocenters. The summed E-state index contributed by atoms with van der Waals surface area (Å²) >= 11 is 0. The molecule has 0 aliphatic carbocycles. The maximum absolute atomic E-state index is 11.5. The number of rotatable bonds is 4. The topological polar surface area (TPSA) is 95.5 Å². The van der Waals surface area contributed by atoms with Crippen LogP contribution in [-0.4, -0.2) is 19.0 Å². The molecule has 104 valence electrons. The van der Waals surface area contributed by atoms with Gasteiger partial charge in [-0.25, -0.2) is 4.79 Å². The lowest BCUT2D eigenvalue weighted by Gasteiger charge is -2.06. The van der Waals surface area contributed by atoms with Gasteiger partial charge in [-0.1, -0.05) is 18.6 Å². The van der Waals surface area contributed by atoms with Gasteiger partial charge in [-0.15, -0.1) is 0 Å². The molecular weight excluding hydrogens is 268 g/mol. The Morgan fingerprint density at radius 3 is 2.68 bits per heavy atom. The summed E-state index contributed by atoms with van der Waals surface area (Å²) in [4.78, 5) is 11.2. The van der Waals surface area contributed by atoms with Crippen molar-refractivity contribution in [3.8, 4) is 0 Å². The largest absolute Gasteiger partial charge is 0.323 e. The van der Waals surface area contributed by atoms with Gasteiger partial charge in [0.2, 0.25) is 0 Å². The number of benzene rings is 1. The van der Waals surface area contributed by atoms with Gasteiger partial charge in [-0.2, -0.15) is 8.42 Å². The molecule has 1 aromatic carbocycles. The molecule has 0 atom stereocenters. The molecule has 2 amide bonds. The zero-order valence-electron chi connectivity index (χ0n) is 10.7. The van der Waals surface area contributed by atoms with E-state index in [1.807, 2.05) is 13.8 Å². The third-order valence-corrected chi connectivity index (χ3v) is 3.25. The Balaban J connectivity index is 2.76. The molecule has 19 heavy (non-hydrogen) atoms. The van der Waals surface area contributed by atoms with Crippen molar-refractivity contribution in [1.29, 1.82) is 0 Å². The fraction of sp³-hybridized carbons (Fsp3) is 0.250. The van der Waals surface area contributed by atoms with E-state index in [9.17, 15) is 13.2 Å². The summed E-state index contributed by atoms with van der Waals surface area (Å²) in [6, 6.07) is 4.86. The zero-order chi connectivity index (χ0) is 14.5. The molecule has 0 spiro atoms. The third-order valence-electron chi connectivity index (χ3n) is 2.40. The summed E-state index contributed by atoms with van der Waals surface area (Å²) in [5, 5.41) is 4.98. The van der Waals surface area contributed by atoms with E-state index in [0.717, 1.165) is 12.0 Å². The Labute approximate surface area is 112 Å². The molecule has 0 aliphatic heterocycles. The van der Waals surface area contributed by atoms with Gasteiger partial charge in [0.1, 0.15) is 0 Å². The molecule has 0 heterocycles. The van der Waals surface area contributed by atoms with E-state index in [1.165, 1.54) is 24.3 Å². The van der Waals surface area contributed by atoms with Crippen LogP contribution in [0.15, 0.2) is 40.9 Å². The standard InChI is InChI=1S/C12H16N2O4S/c1-3-9(2)8-13-12(15)14-10-5-4-6-11(7-10)19(16,17)18/h4-8H,3H2,1-2H3,(H2,13,14,15)(H,16,17,18)/b9-8+. The molecule has 1 rings (SSSR count). The predicted molar refractivity (Wildman–Crippen MR) is 72.5 cm³/mol. The summed E-state index contributed by atoms with van der Waals surface area (Å²) in [6.07, 6.45) is 2.39. The number of amides is 2. The fourth-order valence-corrected chi connectivity index (χ4v) is 1.72. The van der Waals surface area contributed by atoms with E-state index in [2.05, 4.69) is 10.6 Å². The van der Waals surface area contributed by atoms with Crippen LogP contribution in [0.1, 0.15) is 20.3 Å². The van der Waals surface area contributed by atoms with Gasteiger partial charge < -0.3 is 10.6 Å². The smallest absolute Gasteiger partial charge is 0.314 e. The van der Waals surface area contributed by atoms with E-state index >= 15 is 0 Å². The number of hydrogen-bond acceptors (Lipinski definition) is 3. The van der Waals surface area contributed by atoms with Crippen molar-refractivity contribution < 1.29 is 17.8 Å². The van der Waals surface area contributed by atoms with Crippen molar-refractivity contribution in [2.45, 2.75) is 25.2 Å². The van der Waals surface area contributed by atoms with Crippen LogP contribution < -0.4 is 10.6 Å². The molecule has 1 aromatic rings. The molecule has 0 bridgehead atoms. The Morgan fingerprint density at radius 2 is 2.11 bits per heavy atom. The van der Waals surface area contributed by atoms with Crippen molar-refractivity contribution in [1.82, 2.24) is 5.32 Å². The number of hydrogen-bond donors (Lipinski definition) is 3. The summed E-state index contributed by atoms with van der Waals surface area (Å²) in [7, 11) is -4.27. The number of urea groups is 1. The maximum atomic E-state index is 11.5. The third kappa shape index (κ3) is 5.11. The quantitative estimate of drug-likeness (QED) is 0.740. The second-order valence-corrected chi connectivity index (χ2v) is 5.37. The van der Waals surface area contributed by atoms with Crippen LogP contribution >= 0.6 is 0 Å². The van der Waals surface area contributed by atoms with Gasteiger partial charge >= 0.3 is 6.03 Å². The van der Waals surface area contributed by atoms with Crippen LogP contribution in [0.5, 0.6) is 0 Å². The van der Waals surface area contributed by atoms with Crippen molar-refractivity contribution in [3.63, 3.8) is 0 Å². The van der Waals surface area contributed by atoms with E-state index in [-0.39, 0.29) is 10.6 Å². The normalized spacial score (nSPS) is 12.1. The summed E-state index contributed by atoms with van der Waals surface area (Å²) in [6.45, 7) is 3.83. The first-order valence-electron chi connectivity index (χ1n) is 5.63. The average Bonchev–Trinajstić information content (AvgIpc) is 2.35. The van der Waals surface area contributed by atoms with Crippen molar-refractivity contribution in [3.05, 3.63) is 36.0 Å². The number of anilines is 1. The Morgan fingerprint density at radius 1 is 1.42 bits per heavy atom. The number of carbonyl (C=O) groups excluding carboxylic acids is 1. The molecule has 3 N–H and O–H groups in total. The molecule has 0 aromatic heterocycles. The molecular formula is C12H16N2O4S. The van der Waals surface area contributed by atoms with Gasteiger partial charge in [0.25, 0.3) is 10.1 Å². The second-order valence-electron chi connectivity index (χ2n) is 3.95. The van der Waals surface area contributed by atoms with Crippen LogP contribution in [0.3, 0.4) is 0 Å². The first-order chi connectivity index (χ1) is 8.82. The molecule has 0 saturated carbocycles. The minimum absolute atomic E-state index is 0.273. The molecule has 6 nitrogen and oxygen atoms in total. The highest BCUT2D eigenvalue weighted by Crippen LogP contribution is 2.14. The first-order valence-corrected chi connectivity index (χ1v) is 7.07. The van der Waals surface area contributed by atoms with E-state index in [4.69, 9.17) is 4.55 Å². The predicted octanol–water partition coefficient (Wildman–Crippen LogP) is 2.37. The summed E-state index contributed by atoms with van der Waals surface area (Å²) in [5.74, 6) is 0. The van der Waals surface area contributed by atoms with Crippen LogP contribution in [-0.2, 0) is 10.1 Å². The lowest BCUT2D eigenvalue weighted by molar-refractivity contribution is 0.255. The SMILES string of the molecule is CC/C(C)=C/NC(=O)Nc1cccc(S(=O)(=O)O)c1. The molecule has 7 heteroatoms. The number of allylic oxidation sites excluding steroid dienone is 1. The fourth-order valence-electron chi connectivity index (χ4n) is 1.19. The lowest BCUT2D eigenvalue weighted by Crippen LogP contribution is -2.24. The molecule has 0 saturated heterocycles. The number of carbonyl (C=O) groups is 1. The van der Waals surface area contributed by atoms with Gasteiger partial charge in [0, 0.05) is 11.9 Å². The van der Waals surface area contributed by atoms with Crippen LogP contribution in [0.2, 0.25) is 0 Å². The van der Waals surface area contributed by atoms with E-state index in [0.29, 0.717) is 0 Å². The molecule has 0 radical (unpaired) electrons. The van der Waals surface area contributed by atoms with Crippen molar-refractivity contribution in [2.75, 3.05) is 5.32 Å². The second kappa shape index (κ2) is 6.35. The number of nitrogens with one attached hydrogen (secondary N) is 2. The highest BCUT2D eigenvalue weighted by Gasteiger charge is 2.10. The summed E-state index contributed by atoms with van der Waals surface area (Å²) < 4.78 is 30.8. The zero-order valence-corrected chi connectivity index (χ0v) is 11.5. The average molecular weight is 284 g/mol. The Kier molecular flexibility index (Phi) is 5.08. The van der Waals surface area contributed by atoms with Gasteiger partial charge in [0.05, 0.1) is 4.90 Å². The first kappa shape index (κ1) is 15.2. The molecule has 0 aliphatic rings. The van der Waals surface area contributed by atoms with Gasteiger partial charge in [0.15, 0.2) is 0 Å². The van der Waals surface area contributed by atoms with Crippen LogP contribution in [0.25, 0.3) is 0 Å². The Hall–Kier alpha value is -1.86. The highest BCUT2D eigenvalue weighted by atomic mass is 32.2. The van der Waals surface area contributed by atoms with Gasteiger partial charge in [-0.05, 0) is 31.5 Å². The van der Waals surface area contributed by atoms with Crippen LogP contribution in [0.4, 0.5) is 10.5 Å². The van der Waals surface area contributed by atoms with E-state index in [1.54, 1.807) is 6.20 Å². The lowest BCUT2D eigenvalue weighted by atomic mass is 10.3. The maximum Gasteiger partial charge on any atom is 0.323 e. The highest BCUT2D eigenvalue weighted by molar-refractivity contribution is 7.85. The Bertz CT molecular complexity index is 594. The van der Waals surface area contributed by atoms with Crippen LogP contribution in [0, 0.1) is 0 Å². The molecule has 0 fully saturated rings. The monoisotopic (exact) mass is 284 g/mol. The van der Waals surface area contributed by atoms with E-state index < -0.39 is 16.1 Å².